The molecular formula is C25H30N4O5S. The van der Waals surface area contributed by atoms with E-state index in [0.717, 1.165) is 5.56 Å². The van der Waals surface area contributed by atoms with E-state index in [4.69, 9.17) is 0 Å². The van der Waals surface area contributed by atoms with E-state index in [1.165, 1.54) is 15.4 Å². The van der Waals surface area contributed by atoms with Gasteiger partial charge < -0.3 is 10.2 Å². The molecule has 1 aromatic carbocycles. The normalized spacial score (nSPS) is 21.1. The molecule has 3 atom stereocenters. The third kappa shape index (κ3) is 5.28. The number of carbonyl (C=O) groups excluding carboxylic acids is 3. The Labute approximate surface area is 205 Å². The second kappa shape index (κ2) is 10.2. The quantitative estimate of drug-likeness (QED) is 0.592. The average molecular weight is 499 g/mol. The van der Waals surface area contributed by atoms with E-state index in [1.54, 1.807) is 30.5 Å². The van der Waals surface area contributed by atoms with Crippen LogP contribution < -0.4 is 5.32 Å². The summed E-state index contributed by atoms with van der Waals surface area (Å²) in [4.78, 5) is 44.6. The number of ketones is 1. The van der Waals surface area contributed by atoms with Crippen LogP contribution in [0.4, 0.5) is 0 Å². The maximum absolute atomic E-state index is 13.5. The van der Waals surface area contributed by atoms with Crippen LogP contribution in [-0.2, 0) is 25.4 Å². The highest BCUT2D eigenvalue weighted by molar-refractivity contribution is 7.88. The number of amides is 2. The number of fused-ring (bicyclic) bond motifs is 1. The predicted octanol–water partition coefficient (Wildman–Crippen LogP) is 1.67. The lowest BCUT2D eigenvalue weighted by atomic mass is 10.1. The molecule has 0 saturated carbocycles. The molecule has 2 aromatic rings. The fourth-order valence-corrected chi connectivity index (χ4v) is 6.57. The highest BCUT2D eigenvalue weighted by Crippen LogP contribution is 2.33. The van der Waals surface area contributed by atoms with E-state index < -0.39 is 28.1 Å². The summed E-state index contributed by atoms with van der Waals surface area (Å²) < 4.78 is 27.5. The SMILES string of the molecule is CCCC(NC(=O)c1ccc(C)cc1)C(=O)N1CCC2C1C(=O)CN2S(=O)(=O)Cc1cccnc1. The highest BCUT2D eigenvalue weighted by Gasteiger charge is 2.54. The maximum Gasteiger partial charge on any atom is 0.251 e. The van der Waals surface area contributed by atoms with Crippen molar-refractivity contribution in [2.75, 3.05) is 13.1 Å². The molecule has 4 rings (SSSR count). The van der Waals surface area contributed by atoms with Gasteiger partial charge in [0.25, 0.3) is 5.91 Å². The fraction of sp³-hybridized carbons (Fsp3) is 0.440. The molecule has 3 unspecified atom stereocenters. The molecule has 9 nitrogen and oxygen atoms in total. The number of hydrogen-bond donors (Lipinski definition) is 1. The van der Waals surface area contributed by atoms with Crippen LogP contribution >= 0.6 is 0 Å². The van der Waals surface area contributed by atoms with Crippen LogP contribution in [0.5, 0.6) is 0 Å². The summed E-state index contributed by atoms with van der Waals surface area (Å²) in [7, 11) is -3.77. The Hall–Kier alpha value is -3.11. The lowest BCUT2D eigenvalue weighted by Crippen LogP contribution is -2.52. The Morgan fingerprint density at radius 1 is 1.20 bits per heavy atom. The molecule has 0 bridgehead atoms. The maximum atomic E-state index is 13.5. The van der Waals surface area contributed by atoms with Crippen molar-refractivity contribution in [3.05, 3.63) is 65.5 Å². The monoisotopic (exact) mass is 498 g/mol. The van der Waals surface area contributed by atoms with Gasteiger partial charge in [-0.2, -0.15) is 4.31 Å². The van der Waals surface area contributed by atoms with Crippen molar-refractivity contribution in [3.8, 4) is 0 Å². The van der Waals surface area contributed by atoms with Crippen LogP contribution in [0.2, 0.25) is 0 Å². The van der Waals surface area contributed by atoms with Crippen LogP contribution in [0, 0.1) is 6.92 Å². The number of benzene rings is 1. The first-order valence-corrected chi connectivity index (χ1v) is 13.4. The van der Waals surface area contributed by atoms with Crippen molar-refractivity contribution in [1.82, 2.24) is 19.5 Å². The molecule has 2 fully saturated rings. The average Bonchev–Trinajstić information content (AvgIpc) is 3.40. The van der Waals surface area contributed by atoms with Crippen LogP contribution in [0.15, 0.2) is 48.8 Å². The van der Waals surface area contributed by atoms with Gasteiger partial charge in [0.2, 0.25) is 15.9 Å². The molecule has 2 aliphatic heterocycles. The minimum absolute atomic E-state index is 0.254. The van der Waals surface area contributed by atoms with E-state index >= 15 is 0 Å². The van der Waals surface area contributed by atoms with Gasteiger partial charge in [-0.25, -0.2) is 8.42 Å². The Morgan fingerprint density at radius 3 is 2.60 bits per heavy atom. The molecule has 1 aromatic heterocycles. The van der Waals surface area contributed by atoms with E-state index in [9.17, 15) is 22.8 Å². The summed E-state index contributed by atoms with van der Waals surface area (Å²) >= 11 is 0. The number of rotatable bonds is 8. The zero-order valence-corrected chi connectivity index (χ0v) is 20.7. The van der Waals surface area contributed by atoms with E-state index in [0.29, 0.717) is 30.4 Å². The lowest BCUT2D eigenvalue weighted by molar-refractivity contribution is -0.138. The zero-order valence-electron chi connectivity index (χ0n) is 19.9. The number of hydrogen-bond acceptors (Lipinski definition) is 6. The first kappa shape index (κ1) is 25.0. The smallest absolute Gasteiger partial charge is 0.251 e. The van der Waals surface area contributed by atoms with Crippen LogP contribution in [0.1, 0.15) is 47.7 Å². The molecule has 0 radical (unpaired) electrons. The second-order valence-electron chi connectivity index (χ2n) is 9.14. The Bertz CT molecular complexity index is 1200. The van der Waals surface area contributed by atoms with Crippen molar-refractivity contribution < 1.29 is 22.8 Å². The summed E-state index contributed by atoms with van der Waals surface area (Å²) in [6.45, 7) is 3.85. The summed E-state index contributed by atoms with van der Waals surface area (Å²) in [6, 6.07) is 8.19. The van der Waals surface area contributed by atoms with Gasteiger partial charge in [-0.1, -0.05) is 37.1 Å². The van der Waals surface area contributed by atoms with E-state index in [1.807, 2.05) is 26.0 Å². The van der Waals surface area contributed by atoms with Gasteiger partial charge in [0.15, 0.2) is 5.78 Å². The molecule has 1 N–H and O–H groups in total. The van der Waals surface area contributed by atoms with E-state index in [2.05, 4.69) is 10.3 Å². The van der Waals surface area contributed by atoms with Crippen LogP contribution in [0.3, 0.4) is 0 Å². The third-order valence-electron chi connectivity index (χ3n) is 6.58. The summed E-state index contributed by atoms with van der Waals surface area (Å²) in [5, 5.41) is 2.82. The predicted molar refractivity (Wildman–Crippen MR) is 130 cm³/mol. The second-order valence-corrected chi connectivity index (χ2v) is 11.1. The van der Waals surface area contributed by atoms with Crippen molar-refractivity contribution in [1.29, 1.82) is 0 Å². The van der Waals surface area contributed by atoms with Crippen LogP contribution in [0.25, 0.3) is 0 Å². The Kier molecular flexibility index (Phi) is 7.32. The lowest BCUT2D eigenvalue weighted by Gasteiger charge is -2.28. The highest BCUT2D eigenvalue weighted by atomic mass is 32.2. The minimum Gasteiger partial charge on any atom is -0.340 e. The van der Waals surface area contributed by atoms with Gasteiger partial charge in [-0.3, -0.25) is 19.4 Å². The van der Waals surface area contributed by atoms with Gasteiger partial charge in [0.1, 0.15) is 12.1 Å². The number of sulfonamides is 1. The van der Waals surface area contributed by atoms with Crippen molar-refractivity contribution in [3.63, 3.8) is 0 Å². The fourth-order valence-electron chi connectivity index (χ4n) is 4.85. The number of carbonyl (C=O) groups is 3. The first-order chi connectivity index (χ1) is 16.7. The number of aryl methyl sites for hydroxylation is 1. The Balaban J connectivity index is 1.49. The van der Waals surface area contributed by atoms with Gasteiger partial charge in [-0.05, 0) is 43.5 Å². The molecule has 2 saturated heterocycles. The zero-order chi connectivity index (χ0) is 25.2. The number of Topliss-reactive ketones (excluding diaryl/α,β-unsaturated/α-hetero) is 1. The molecular weight excluding hydrogens is 468 g/mol. The molecule has 10 heteroatoms. The van der Waals surface area contributed by atoms with Gasteiger partial charge in [-0.15, -0.1) is 0 Å². The topological polar surface area (TPSA) is 117 Å². The summed E-state index contributed by atoms with van der Waals surface area (Å²) in [5.74, 6) is -1.25. The molecule has 186 valence electrons. The molecule has 2 amide bonds. The van der Waals surface area contributed by atoms with E-state index in [-0.39, 0.29) is 36.4 Å². The summed E-state index contributed by atoms with van der Waals surface area (Å²) in [6.07, 6.45) is 4.51. The van der Waals surface area contributed by atoms with Crippen molar-refractivity contribution >= 4 is 27.6 Å². The first-order valence-electron chi connectivity index (χ1n) is 11.8. The number of likely N-dealkylation sites (tertiary alicyclic amines) is 1. The van der Waals surface area contributed by atoms with Crippen LogP contribution in [-0.4, -0.2) is 71.4 Å². The summed E-state index contributed by atoms with van der Waals surface area (Å²) in [5.41, 5.74) is 2.01. The van der Waals surface area contributed by atoms with Crippen molar-refractivity contribution in [2.45, 2.75) is 57.0 Å². The third-order valence-corrected chi connectivity index (χ3v) is 8.40. The number of pyridine rings is 1. The molecule has 0 aliphatic carbocycles. The Morgan fingerprint density at radius 2 is 1.94 bits per heavy atom. The van der Waals surface area contributed by atoms with Gasteiger partial charge in [0.05, 0.1) is 18.3 Å². The molecule has 35 heavy (non-hydrogen) atoms. The standard InChI is InChI=1S/C25H30N4O5S/c1-3-5-20(27-24(31)19-9-7-17(2)8-10-19)25(32)28-13-11-21-23(28)22(30)15-29(21)35(33,34)16-18-6-4-12-26-14-18/h4,6-10,12,14,20-21,23H,3,5,11,13,15-16H2,1-2H3,(H,27,31). The molecule has 0 spiro atoms. The van der Waals surface area contributed by atoms with Crippen molar-refractivity contribution in [2.24, 2.45) is 0 Å². The van der Waals surface area contributed by atoms with Gasteiger partial charge in [0, 0.05) is 24.5 Å². The largest absolute Gasteiger partial charge is 0.340 e. The minimum atomic E-state index is -3.77. The number of nitrogens with one attached hydrogen (secondary N) is 1. The molecule has 2 aliphatic rings. The van der Waals surface area contributed by atoms with Gasteiger partial charge >= 0.3 is 0 Å². The number of aromatic nitrogens is 1. The molecule has 3 heterocycles. The number of nitrogens with zero attached hydrogens (tertiary/aromatic N) is 3.